The Morgan fingerprint density at radius 2 is 1.37 bits per heavy atom. The van der Waals surface area contributed by atoms with Crippen molar-refractivity contribution in [1.29, 1.82) is 0 Å². The molecule has 27 heavy (non-hydrogen) atoms. The topological polar surface area (TPSA) is 81.7 Å². The Labute approximate surface area is 158 Å². The molecule has 1 N–H and O–H groups in total. The summed E-state index contributed by atoms with van der Waals surface area (Å²) in [5, 5.41) is 2.72. The number of hydrogen-bond donors (Lipinski definition) is 1. The summed E-state index contributed by atoms with van der Waals surface area (Å²) in [4.78, 5) is 36.5. The summed E-state index contributed by atoms with van der Waals surface area (Å²) in [6, 6.07) is 17.7. The van der Waals surface area contributed by atoms with Gasteiger partial charge >= 0.3 is 11.9 Å². The number of carbonyl (C=O) groups is 3. The van der Waals surface area contributed by atoms with Crippen LogP contribution in [0.25, 0.3) is 0 Å². The van der Waals surface area contributed by atoms with Gasteiger partial charge in [-0.2, -0.15) is 0 Å². The standard InChI is InChI=1S/C21H23NO5/c1-26-18(23)14-13-17(21(25)27-2)22-20(24)19(15-9-5-3-6-10-15)16-11-7-4-8-12-16/h3-12,17,19H,13-14H2,1-2H3,(H,22,24). The molecule has 0 bridgehead atoms. The minimum atomic E-state index is -0.934. The third-order valence-electron chi connectivity index (χ3n) is 4.20. The van der Waals surface area contributed by atoms with E-state index in [1.54, 1.807) is 0 Å². The van der Waals surface area contributed by atoms with Crippen LogP contribution >= 0.6 is 0 Å². The Balaban J connectivity index is 2.25. The zero-order valence-corrected chi connectivity index (χ0v) is 15.4. The first-order valence-corrected chi connectivity index (χ1v) is 8.61. The molecule has 0 aliphatic heterocycles. The summed E-state index contributed by atoms with van der Waals surface area (Å²) < 4.78 is 9.37. The van der Waals surface area contributed by atoms with E-state index in [9.17, 15) is 14.4 Å². The molecule has 0 fully saturated rings. The van der Waals surface area contributed by atoms with E-state index in [4.69, 9.17) is 4.74 Å². The molecule has 0 aliphatic rings. The van der Waals surface area contributed by atoms with Crippen molar-refractivity contribution in [3.63, 3.8) is 0 Å². The molecule has 0 heterocycles. The van der Waals surface area contributed by atoms with Crippen molar-refractivity contribution >= 4 is 17.8 Å². The fraction of sp³-hybridized carbons (Fsp3) is 0.286. The fourth-order valence-corrected chi connectivity index (χ4v) is 2.80. The van der Waals surface area contributed by atoms with Gasteiger partial charge in [-0.25, -0.2) is 4.79 Å². The van der Waals surface area contributed by atoms with Gasteiger partial charge in [0.1, 0.15) is 6.04 Å². The molecular weight excluding hydrogens is 346 g/mol. The van der Waals surface area contributed by atoms with Crippen LogP contribution in [-0.2, 0) is 23.9 Å². The largest absolute Gasteiger partial charge is 0.469 e. The van der Waals surface area contributed by atoms with Crippen LogP contribution in [-0.4, -0.2) is 38.1 Å². The minimum Gasteiger partial charge on any atom is -0.469 e. The number of rotatable bonds is 8. The zero-order chi connectivity index (χ0) is 19.6. The van der Waals surface area contributed by atoms with Crippen LogP contribution in [0.2, 0.25) is 0 Å². The van der Waals surface area contributed by atoms with E-state index < -0.39 is 23.9 Å². The van der Waals surface area contributed by atoms with Crippen molar-refractivity contribution in [1.82, 2.24) is 5.32 Å². The Morgan fingerprint density at radius 1 is 0.852 bits per heavy atom. The highest BCUT2D eigenvalue weighted by atomic mass is 16.5. The van der Waals surface area contributed by atoms with E-state index >= 15 is 0 Å². The predicted octanol–water partition coefficient (Wildman–Crippen LogP) is 2.43. The third-order valence-corrected chi connectivity index (χ3v) is 4.20. The maximum atomic E-state index is 13.1. The van der Waals surface area contributed by atoms with Gasteiger partial charge in [0.2, 0.25) is 5.91 Å². The van der Waals surface area contributed by atoms with Crippen molar-refractivity contribution in [2.75, 3.05) is 14.2 Å². The summed E-state index contributed by atoms with van der Waals surface area (Å²) in [6.45, 7) is 0. The van der Waals surface area contributed by atoms with Gasteiger partial charge in [-0.1, -0.05) is 60.7 Å². The second-order valence-corrected chi connectivity index (χ2v) is 5.95. The van der Waals surface area contributed by atoms with Gasteiger partial charge in [-0.15, -0.1) is 0 Å². The number of ether oxygens (including phenoxy) is 2. The Bertz CT molecular complexity index is 721. The molecule has 0 spiro atoms. The van der Waals surface area contributed by atoms with Crippen LogP contribution in [0.4, 0.5) is 0 Å². The first-order chi connectivity index (χ1) is 13.1. The molecule has 2 rings (SSSR count). The SMILES string of the molecule is COC(=O)CCC(NC(=O)C(c1ccccc1)c1ccccc1)C(=O)OC. The van der Waals surface area contributed by atoms with E-state index in [1.165, 1.54) is 14.2 Å². The predicted molar refractivity (Wildman–Crippen MR) is 99.9 cm³/mol. The number of methoxy groups -OCH3 is 2. The molecule has 1 atom stereocenters. The summed E-state index contributed by atoms with van der Waals surface area (Å²) in [7, 11) is 2.51. The van der Waals surface area contributed by atoms with Crippen molar-refractivity contribution < 1.29 is 23.9 Å². The highest BCUT2D eigenvalue weighted by Gasteiger charge is 2.28. The molecule has 142 valence electrons. The van der Waals surface area contributed by atoms with Crippen LogP contribution in [0.5, 0.6) is 0 Å². The molecule has 1 unspecified atom stereocenters. The normalized spacial score (nSPS) is 11.5. The Hall–Kier alpha value is -3.15. The first-order valence-electron chi connectivity index (χ1n) is 8.61. The zero-order valence-electron chi connectivity index (χ0n) is 15.4. The number of benzene rings is 2. The molecule has 1 amide bonds. The molecule has 2 aromatic carbocycles. The molecule has 0 saturated heterocycles. The molecule has 6 nitrogen and oxygen atoms in total. The summed E-state index contributed by atoms with van der Waals surface area (Å²) in [6.07, 6.45) is 0.0965. The van der Waals surface area contributed by atoms with E-state index in [2.05, 4.69) is 10.1 Å². The van der Waals surface area contributed by atoms with Gasteiger partial charge in [0.15, 0.2) is 0 Å². The van der Waals surface area contributed by atoms with Gasteiger partial charge in [-0.3, -0.25) is 9.59 Å². The molecule has 0 aromatic heterocycles. The first kappa shape index (κ1) is 20.2. The van der Waals surface area contributed by atoms with E-state index in [1.807, 2.05) is 60.7 Å². The summed E-state index contributed by atoms with van der Waals surface area (Å²) in [5.74, 6) is -1.99. The number of carbonyl (C=O) groups excluding carboxylic acids is 3. The third kappa shape index (κ3) is 5.67. The highest BCUT2D eigenvalue weighted by molar-refractivity contribution is 5.91. The van der Waals surface area contributed by atoms with Crippen LogP contribution in [0, 0.1) is 0 Å². The van der Waals surface area contributed by atoms with Gasteiger partial charge in [-0.05, 0) is 17.5 Å². The fourth-order valence-electron chi connectivity index (χ4n) is 2.80. The monoisotopic (exact) mass is 369 g/mol. The molecule has 2 aromatic rings. The maximum absolute atomic E-state index is 13.1. The van der Waals surface area contributed by atoms with Crippen LogP contribution in [0.15, 0.2) is 60.7 Å². The van der Waals surface area contributed by atoms with Gasteiger partial charge in [0.25, 0.3) is 0 Å². The van der Waals surface area contributed by atoms with Crippen molar-refractivity contribution in [3.05, 3.63) is 71.8 Å². The van der Waals surface area contributed by atoms with Gasteiger partial charge in [0.05, 0.1) is 20.1 Å². The summed E-state index contributed by atoms with van der Waals surface area (Å²) in [5.41, 5.74) is 1.61. The van der Waals surface area contributed by atoms with E-state index in [0.717, 1.165) is 11.1 Å². The number of amides is 1. The second-order valence-electron chi connectivity index (χ2n) is 5.95. The molecule has 0 saturated carbocycles. The summed E-state index contributed by atoms with van der Waals surface area (Å²) >= 11 is 0. The van der Waals surface area contributed by atoms with Crippen LogP contribution in [0.1, 0.15) is 29.9 Å². The maximum Gasteiger partial charge on any atom is 0.328 e. The number of esters is 2. The lowest BCUT2D eigenvalue weighted by atomic mass is 9.90. The van der Waals surface area contributed by atoms with Crippen LogP contribution in [0.3, 0.4) is 0 Å². The van der Waals surface area contributed by atoms with Crippen LogP contribution < -0.4 is 5.32 Å². The average Bonchev–Trinajstić information content (AvgIpc) is 2.72. The average molecular weight is 369 g/mol. The lowest BCUT2D eigenvalue weighted by Gasteiger charge is -2.22. The lowest BCUT2D eigenvalue weighted by Crippen LogP contribution is -2.44. The van der Waals surface area contributed by atoms with Gasteiger partial charge < -0.3 is 14.8 Å². The van der Waals surface area contributed by atoms with Crippen molar-refractivity contribution in [3.8, 4) is 0 Å². The molecule has 0 radical (unpaired) electrons. The van der Waals surface area contributed by atoms with E-state index in [-0.39, 0.29) is 18.7 Å². The second kappa shape index (κ2) is 10.1. The lowest BCUT2D eigenvalue weighted by molar-refractivity contribution is -0.146. The highest BCUT2D eigenvalue weighted by Crippen LogP contribution is 2.25. The van der Waals surface area contributed by atoms with E-state index in [0.29, 0.717) is 0 Å². The molecular formula is C21H23NO5. The number of nitrogens with one attached hydrogen (secondary N) is 1. The quantitative estimate of drug-likeness (QED) is 0.723. The van der Waals surface area contributed by atoms with Crippen molar-refractivity contribution in [2.24, 2.45) is 0 Å². The van der Waals surface area contributed by atoms with Gasteiger partial charge in [0, 0.05) is 6.42 Å². The molecule has 6 heteroatoms. The minimum absolute atomic E-state index is 0.00210. The Kier molecular flexibility index (Phi) is 7.55. The Morgan fingerprint density at radius 3 is 1.81 bits per heavy atom. The number of hydrogen-bond acceptors (Lipinski definition) is 5. The van der Waals surface area contributed by atoms with Crippen molar-refractivity contribution in [2.45, 2.75) is 24.8 Å². The molecule has 0 aliphatic carbocycles. The smallest absolute Gasteiger partial charge is 0.328 e.